The van der Waals surface area contributed by atoms with Crippen molar-refractivity contribution in [3.8, 4) is 0 Å². The Hall–Kier alpha value is -1.78. The standard InChI is InChI=1S/C10H13NO4/c1-7-3-4-8(15-7)5-9(12)11(2)6-10(13)14/h3-4H,5-6H2,1-2H3,(H,13,14). The van der Waals surface area contributed by atoms with Crippen molar-refractivity contribution in [1.82, 2.24) is 4.90 Å². The monoisotopic (exact) mass is 211 g/mol. The number of rotatable bonds is 4. The van der Waals surface area contributed by atoms with Gasteiger partial charge in [-0.1, -0.05) is 0 Å². The molecule has 82 valence electrons. The number of carboxylic acid groups (broad SMARTS) is 1. The van der Waals surface area contributed by atoms with E-state index in [2.05, 4.69) is 0 Å². The lowest BCUT2D eigenvalue weighted by atomic mass is 10.3. The normalized spacial score (nSPS) is 10.0. The van der Waals surface area contributed by atoms with Gasteiger partial charge in [0.15, 0.2) is 0 Å². The first-order valence-corrected chi connectivity index (χ1v) is 4.50. The van der Waals surface area contributed by atoms with Gasteiger partial charge in [0.25, 0.3) is 0 Å². The minimum absolute atomic E-state index is 0.0949. The Morgan fingerprint density at radius 1 is 1.47 bits per heavy atom. The highest BCUT2D eigenvalue weighted by Gasteiger charge is 2.14. The number of carbonyl (C=O) groups is 2. The zero-order chi connectivity index (χ0) is 11.4. The molecule has 0 unspecified atom stereocenters. The molecular weight excluding hydrogens is 198 g/mol. The summed E-state index contributed by atoms with van der Waals surface area (Å²) in [4.78, 5) is 23.0. The summed E-state index contributed by atoms with van der Waals surface area (Å²) in [5, 5.41) is 8.49. The fourth-order valence-corrected chi connectivity index (χ4v) is 1.16. The average molecular weight is 211 g/mol. The summed E-state index contributed by atoms with van der Waals surface area (Å²) in [5.74, 6) is -0.0124. The molecule has 0 radical (unpaired) electrons. The van der Waals surface area contributed by atoms with Crippen LogP contribution < -0.4 is 0 Å². The SMILES string of the molecule is Cc1ccc(CC(=O)N(C)CC(=O)O)o1. The van der Waals surface area contributed by atoms with E-state index < -0.39 is 5.97 Å². The number of amides is 1. The number of carboxylic acids is 1. The van der Waals surface area contributed by atoms with Gasteiger partial charge in [-0.25, -0.2) is 0 Å². The molecule has 1 N–H and O–H groups in total. The molecule has 0 fully saturated rings. The van der Waals surface area contributed by atoms with Gasteiger partial charge < -0.3 is 14.4 Å². The lowest BCUT2D eigenvalue weighted by Gasteiger charge is -2.13. The van der Waals surface area contributed by atoms with Crippen molar-refractivity contribution in [2.75, 3.05) is 13.6 Å². The number of hydrogen-bond donors (Lipinski definition) is 1. The van der Waals surface area contributed by atoms with Crippen LogP contribution in [0.25, 0.3) is 0 Å². The van der Waals surface area contributed by atoms with Gasteiger partial charge in [0.1, 0.15) is 18.1 Å². The molecule has 0 aliphatic rings. The molecule has 5 nitrogen and oxygen atoms in total. The Bertz CT molecular complexity index is 369. The van der Waals surface area contributed by atoms with Crippen LogP contribution in [0.5, 0.6) is 0 Å². The smallest absolute Gasteiger partial charge is 0.323 e. The van der Waals surface area contributed by atoms with E-state index in [1.807, 2.05) is 0 Å². The third-order valence-corrected chi connectivity index (χ3v) is 1.92. The molecule has 0 aliphatic heterocycles. The van der Waals surface area contributed by atoms with Crippen LogP contribution in [0.1, 0.15) is 11.5 Å². The number of aryl methyl sites for hydroxylation is 1. The zero-order valence-electron chi connectivity index (χ0n) is 8.69. The van der Waals surface area contributed by atoms with E-state index in [0.717, 1.165) is 10.7 Å². The van der Waals surface area contributed by atoms with Crippen LogP contribution in [-0.2, 0) is 16.0 Å². The fourth-order valence-electron chi connectivity index (χ4n) is 1.16. The van der Waals surface area contributed by atoms with Crippen molar-refractivity contribution in [3.05, 3.63) is 23.7 Å². The number of likely N-dealkylation sites (N-methyl/N-ethyl adjacent to an activating group) is 1. The maximum Gasteiger partial charge on any atom is 0.323 e. The summed E-state index contributed by atoms with van der Waals surface area (Å²) in [6, 6.07) is 3.47. The summed E-state index contributed by atoms with van der Waals surface area (Å²) in [5.41, 5.74) is 0. The first kappa shape index (κ1) is 11.3. The summed E-state index contributed by atoms with van der Waals surface area (Å²) < 4.78 is 5.21. The number of aliphatic carboxylic acids is 1. The van der Waals surface area contributed by atoms with Crippen molar-refractivity contribution in [2.45, 2.75) is 13.3 Å². The predicted molar refractivity (Wildman–Crippen MR) is 52.4 cm³/mol. The van der Waals surface area contributed by atoms with Crippen molar-refractivity contribution >= 4 is 11.9 Å². The Labute approximate surface area is 87.3 Å². The summed E-state index contributed by atoms with van der Waals surface area (Å²) >= 11 is 0. The van der Waals surface area contributed by atoms with Gasteiger partial charge in [0, 0.05) is 7.05 Å². The molecule has 0 spiro atoms. The maximum atomic E-state index is 11.5. The van der Waals surface area contributed by atoms with Crippen molar-refractivity contribution in [1.29, 1.82) is 0 Å². The third kappa shape index (κ3) is 3.46. The van der Waals surface area contributed by atoms with E-state index in [1.165, 1.54) is 7.05 Å². The van der Waals surface area contributed by atoms with Crippen molar-refractivity contribution in [3.63, 3.8) is 0 Å². The number of furan rings is 1. The minimum atomic E-state index is -1.03. The second-order valence-electron chi connectivity index (χ2n) is 3.33. The summed E-state index contributed by atoms with van der Waals surface area (Å²) in [6.07, 6.45) is 0.0949. The Kier molecular flexibility index (Phi) is 3.49. The van der Waals surface area contributed by atoms with Gasteiger partial charge in [-0.15, -0.1) is 0 Å². The van der Waals surface area contributed by atoms with Crippen molar-refractivity contribution in [2.24, 2.45) is 0 Å². The van der Waals surface area contributed by atoms with Gasteiger partial charge >= 0.3 is 5.97 Å². The lowest BCUT2D eigenvalue weighted by Crippen LogP contribution is -2.32. The van der Waals surface area contributed by atoms with Crippen LogP contribution in [0, 0.1) is 6.92 Å². The average Bonchev–Trinajstić information content (AvgIpc) is 2.50. The molecule has 0 aliphatic carbocycles. The minimum Gasteiger partial charge on any atom is -0.480 e. The molecule has 0 bridgehead atoms. The van der Waals surface area contributed by atoms with Crippen LogP contribution in [0.2, 0.25) is 0 Å². The molecule has 1 heterocycles. The zero-order valence-corrected chi connectivity index (χ0v) is 8.69. The number of carbonyl (C=O) groups excluding carboxylic acids is 1. The predicted octanol–water partition coefficient (Wildman–Crippen LogP) is 0.674. The van der Waals surface area contributed by atoms with Crippen LogP contribution in [0.4, 0.5) is 0 Å². The van der Waals surface area contributed by atoms with Crippen molar-refractivity contribution < 1.29 is 19.1 Å². The van der Waals surface area contributed by atoms with Crippen LogP contribution in [0.15, 0.2) is 16.5 Å². The molecule has 0 atom stereocenters. The first-order valence-electron chi connectivity index (χ1n) is 4.50. The molecular formula is C10H13NO4. The van der Waals surface area contributed by atoms with Gasteiger partial charge in [0.2, 0.25) is 5.91 Å². The fraction of sp³-hybridized carbons (Fsp3) is 0.400. The van der Waals surface area contributed by atoms with Crippen LogP contribution >= 0.6 is 0 Å². The van der Waals surface area contributed by atoms with E-state index in [1.54, 1.807) is 19.1 Å². The molecule has 1 aromatic heterocycles. The maximum absolute atomic E-state index is 11.5. The highest BCUT2D eigenvalue weighted by atomic mass is 16.4. The lowest BCUT2D eigenvalue weighted by molar-refractivity contribution is -0.143. The molecule has 0 saturated carbocycles. The number of hydrogen-bond acceptors (Lipinski definition) is 3. The summed E-state index contributed by atoms with van der Waals surface area (Å²) in [7, 11) is 1.45. The van der Waals surface area contributed by atoms with Gasteiger partial charge in [0.05, 0.1) is 6.42 Å². The second-order valence-corrected chi connectivity index (χ2v) is 3.33. The van der Waals surface area contributed by atoms with Gasteiger partial charge in [-0.2, -0.15) is 0 Å². The van der Waals surface area contributed by atoms with Gasteiger partial charge in [-0.3, -0.25) is 9.59 Å². The topological polar surface area (TPSA) is 70.8 Å². The molecule has 15 heavy (non-hydrogen) atoms. The largest absolute Gasteiger partial charge is 0.480 e. The molecule has 0 aromatic carbocycles. The summed E-state index contributed by atoms with van der Waals surface area (Å²) in [6.45, 7) is 1.49. The highest BCUT2D eigenvalue weighted by Crippen LogP contribution is 2.07. The van der Waals surface area contributed by atoms with E-state index in [4.69, 9.17) is 9.52 Å². The molecule has 1 amide bonds. The first-order chi connectivity index (χ1) is 6.99. The second kappa shape index (κ2) is 4.63. The Balaban J connectivity index is 2.52. The van der Waals surface area contributed by atoms with E-state index >= 15 is 0 Å². The van der Waals surface area contributed by atoms with E-state index in [9.17, 15) is 9.59 Å². The quantitative estimate of drug-likeness (QED) is 0.794. The molecule has 1 rings (SSSR count). The van der Waals surface area contributed by atoms with Gasteiger partial charge in [-0.05, 0) is 19.1 Å². The van der Waals surface area contributed by atoms with Crippen LogP contribution in [0.3, 0.4) is 0 Å². The Morgan fingerprint density at radius 3 is 2.60 bits per heavy atom. The van der Waals surface area contributed by atoms with Crippen LogP contribution in [-0.4, -0.2) is 35.5 Å². The highest BCUT2D eigenvalue weighted by molar-refractivity contribution is 5.82. The third-order valence-electron chi connectivity index (χ3n) is 1.92. The molecule has 0 saturated heterocycles. The van der Waals surface area contributed by atoms with E-state index in [-0.39, 0.29) is 18.9 Å². The molecule has 5 heteroatoms. The molecule has 1 aromatic rings. The Morgan fingerprint density at radius 2 is 2.13 bits per heavy atom. The number of nitrogens with zero attached hydrogens (tertiary/aromatic N) is 1. The van der Waals surface area contributed by atoms with E-state index in [0.29, 0.717) is 5.76 Å².